The Hall–Kier alpha value is -0.520. The van der Waals surface area contributed by atoms with Crippen LogP contribution in [-0.4, -0.2) is 28.8 Å². The van der Waals surface area contributed by atoms with Gasteiger partial charge in [0.1, 0.15) is 4.16 Å². The zero-order chi connectivity index (χ0) is 15.1. The summed E-state index contributed by atoms with van der Waals surface area (Å²) in [4.78, 5) is 23.3. The third kappa shape index (κ3) is 5.11. The third-order valence-corrected chi connectivity index (χ3v) is 5.05. The van der Waals surface area contributed by atoms with Gasteiger partial charge >= 0.3 is 5.97 Å². The van der Waals surface area contributed by atoms with Gasteiger partial charge in [0, 0.05) is 5.56 Å². The normalized spacial score (nSPS) is 12.0. The van der Waals surface area contributed by atoms with Crippen molar-refractivity contribution in [2.24, 2.45) is 0 Å². The van der Waals surface area contributed by atoms with Crippen LogP contribution in [0.5, 0.6) is 0 Å². The summed E-state index contributed by atoms with van der Waals surface area (Å²) in [7, 11) is 1.32. The van der Waals surface area contributed by atoms with E-state index in [0.29, 0.717) is 10.6 Å². The standard InChI is InChI=1S/C14H16BrClO3S/c1-3-4-9-5-6-10(11(16)7-9)13(18)14(15)20-8-12(17)19-2/h5-7,14H,3-4,8H2,1-2H3. The predicted molar refractivity (Wildman–Crippen MR) is 87.0 cm³/mol. The molecule has 3 nitrogen and oxygen atoms in total. The molecule has 0 saturated carbocycles. The minimum atomic E-state index is -0.517. The summed E-state index contributed by atoms with van der Waals surface area (Å²) < 4.78 is 4.02. The molecule has 6 heteroatoms. The fourth-order valence-electron chi connectivity index (χ4n) is 1.60. The molecule has 110 valence electrons. The Balaban J connectivity index is 2.73. The molecule has 0 aromatic heterocycles. The Morgan fingerprint density at radius 2 is 2.15 bits per heavy atom. The number of esters is 1. The molecule has 0 spiro atoms. The number of alkyl halides is 1. The van der Waals surface area contributed by atoms with Gasteiger partial charge in [0.25, 0.3) is 0 Å². The van der Waals surface area contributed by atoms with Gasteiger partial charge in [-0.2, -0.15) is 0 Å². The molecule has 0 fully saturated rings. The molecule has 1 rings (SSSR count). The number of aryl methyl sites for hydroxylation is 1. The number of Topliss-reactive ketones (excluding diaryl/α,β-unsaturated/α-hetero) is 1. The molecule has 20 heavy (non-hydrogen) atoms. The first-order valence-corrected chi connectivity index (χ1v) is 8.49. The number of carbonyl (C=O) groups excluding carboxylic acids is 2. The second kappa shape index (κ2) is 8.70. The Morgan fingerprint density at radius 1 is 1.45 bits per heavy atom. The lowest BCUT2D eigenvalue weighted by molar-refractivity contribution is -0.137. The maximum absolute atomic E-state index is 12.2. The number of ketones is 1. The van der Waals surface area contributed by atoms with Crippen molar-refractivity contribution < 1.29 is 14.3 Å². The molecule has 0 bridgehead atoms. The van der Waals surface area contributed by atoms with Gasteiger partial charge in [-0.1, -0.05) is 46.9 Å². The van der Waals surface area contributed by atoms with E-state index in [9.17, 15) is 9.59 Å². The van der Waals surface area contributed by atoms with E-state index in [0.717, 1.165) is 18.4 Å². The van der Waals surface area contributed by atoms with Gasteiger partial charge in [-0.05, 0) is 24.1 Å². The molecule has 1 unspecified atom stereocenters. The fraction of sp³-hybridized carbons (Fsp3) is 0.429. The highest BCUT2D eigenvalue weighted by Crippen LogP contribution is 2.27. The summed E-state index contributed by atoms with van der Waals surface area (Å²) in [5, 5.41) is 0.448. The first-order valence-electron chi connectivity index (χ1n) is 6.14. The molecule has 1 aromatic rings. The van der Waals surface area contributed by atoms with E-state index < -0.39 is 4.16 Å². The number of hydrogen-bond acceptors (Lipinski definition) is 4. The summed E-state index contributed by atoms with van der Waals surface area (Å²) in [5.74, 6) is -0.396. The molecule has 0 aliphatic heterocycles. The largest absolute Gasteiger partial charge is 0.468 e. The molecule has 0 radical (unpaired) electrons. The minimum Gasteiger partial charge on any atom is -0.468 e. The number of benzene rings is 1. The monoisotopic (exact) mass is 378 g/mol. The van der Waals surface area contributed by atoms with Crippen LogP contribution in [0.4, 0.5) is 0 Å². The Labute approximate surface area is 136 Å². The van der Waals surface area contributed by atoms with Crippen LogP contribution >= 0.6 is 39.3 Å². The fourth-order valence-corrected chi connectivity index (χ4v) is 3.22. The lowest BCUT2D eigenvalue weighted by atomic mass is 10.1. The van der Waals surface area contributed by atoms with E-state index in [4.69, 9.17) is 11.6 Å². The minimum absolute atomic E-state index is 0.115. The molecule has 1 atom stereocenters. The van der Waals surface area contributed by atoms with Crippen LogP contribution in [0, 0.1) is 0 Å². The quantitative estimate of drug-likeness (QED) is 0.406. The second-order valence-corrected chi connectivity index (χ2v) is 7.15. The van der Waals surface area contributed by atoms with E-state index in [1.165, 1.54) is 18.9 Å². The summed E-state index contributed by atoms with van der Waals surface area (Å²) in [5.41, 5.74) is 1.58. The van der Waals surface area contributed by atoms with Crippen molar-refractivity contribution in [3.05, 3.63) is 34.3 Å². The van der Waals surface area contributed by atoms with Gasteiger partial charge in [0.15, 0.2) is 5.78 Å². The maximum Gasteiger partial charge on any atom is 0.315 e. The van der Waals surface area contributed by atoms with Crippen molar-refractivity contribution in [1.29, 1.82) is 0 Å². The Bertz CT molecular complexity index is 493. The maximum atomic E-state index is 12.2. The van der Waals surface area contributed by atoms with Crippen LogP contribution in [0.3, 0.4) is 0 Å². The second-order valence-electron chi connectivity index (χ2n) is 4.13. The van der Waals surface area contributed by atoms with Crippen LogP contribution in [0.15, 0.2) is 18.2 Å². The van der Waals surface area contributed by atoms with Crippen LogP contribution in [0.1, 0.15) is 29.3 Å². The van der Waals surface area contributed by atoms with Gasteiger partial charge in [-0.15, -0.1) is 11.8 Å². The number of thioether (sulfide) groups is 1. The van der Waals surface area contributed by atoms with Gasteiger partial charge in [0.05, 0.1) is 17.9 Å². The summed E-state index contributed by atoms with van der Waals surface area (Å²) in [6.07, 6.45) is 1.96. The number of rotatable bonds is 7. The first-order chi connectivity index (χ1) is 9.49. The summed E-state index contributed by atoms with van der Waals surface area (Å²) in [6.45, 7) is 2.09. The van der Waals surface area contributed by atoms with Crippen molar-refractivity contribution in [1.82, 2.24) is 0 Å². The smallest absolute Gasteiger partial charge is 0.315 e. The molecule has 0 amide bonds. The van der Waals surface area contributed by atoms with E-state index >= 15 is 0 Å². The summed E-state index contributed by atoms with van der Waals surface area (Å²) >= 11 is 10.6. The van der Waals surface area contributed by atoms with Crippen LogP contribution in [0.2, 0.25) is 5.02 Å². The third-order valence-electron chi connectivity index (χ3n) is 2.62. The van der Waals surface area contributed by atoms with Gasteiger partial charge in [0.2, 0.25) is 0 Å². The molecule has 0 aliphatic carbocycles. The van der Waals surface area contributed by atoms with Crippen molar-refractivity contribution >= 4 is 51.0 Å². The van der Waals surface area contributed by atoms with Gasteiger partial charge < -0.3 is 4.74 Å². The Morgan fingerprint density at radius 3 is 2.70 bits per heavy atom. The van der Waals surface area contributed by atoms with Crippen molar-refractivity contribution in [2.45, 2.75) is 23.9 Å². The van der Waals surface area contributed by atoms with Crippen molar-refractivity contribution in [3.63, 3.8) is 0 Å². The molecular weight excluding hydrogens is 364 g/mol. The average molecular weight is 380 g/mol. The highest BCUT2D eigenvalue weighted by atomic mass is 79.9. The van der Waals surface area contributed by atoms with Crippen LogP contribution < -0.4 is 0 Å². The molecule has 0 saturated heterocycles. The van der Waals surface area contributed by atoms with E-state index in [1.807, 2.05) is 12.1 Å². The number of halogens is 2. The number of methoxy groups -OCH3 is 1. The van der Waals surface area contributed by atoms with Crippen molar-refractivity contribution in [3.8, 4) is 0 Å². The highest BCUT2D eigenvalue weighted by Gasteiger charge is 2.21. The molecule has 0 aliphatic rings. The molecular formula is C14H16BrClO3S. The highest BCUT2D eigenvalue weighted by molar-refractivity contribution is 9.11. The van der Waals surface area contributed by atoms with Gasteiger partial charge in [-0.3, -0.25) is 9.59 Å². The Kier molecular flexibility index (Phi) is 7.62. The predicted octanol–water partition coefficient (Wildman–Crippen LogP) is 4.10. The van der Waals surface area contributed by atoms with Crippen LogP contribution in [-0.2, 0) is 16.0 Å². The number of hydrogen-bond donors (Lipinski definition) is 0. The molecule has 1 aromatic carbocycles. The lowest BCUT2D eigenvalue weighted by Crippen LogP contribution is -2.14. The SMILES string of the molecule is CCCc1ccc(C(=O)C(Br)SCC(=O)OC)c(Cl)c1. The zero-order valence-corrected chi connectivity index (χ0v) is 14.5. The average Bonchev–Trinajstić information content (AvgIpc) is 2.44. The summed E-state index contributed by atoms with van der Waals surface area (Å²) in [6, 6.07) is 5.47. The molecule has 0 heterocycles. The van der Waals surface area contributed by atoms with Crippen LogP contribution in [0.25, 0.3) is 0 Å². The van der Waals surface area contributed by atoms with Gasteiger partial charge in [-0.25, -0.2) is 0 Å². The molecule has 0 N–H and O–H groups in total. The van der Waals surface area contributed by atoms with E-state index in [2.05, 4.69) is 27.6 Å². The van der Waals surface area contributed by atoms with E-state index in [-0.39, 0.29) is 17.5 Å². The van der Waals surface area contributed by atoms with Crippen molar-refractivity contribution in [2.75, 3.05) is 12.9 Å². The topological polar surface area (TPSA) is 43.4 Å². The first kappa shape index (κ1) is 17.5. The zero-order valence-electron chi connectivity index (χ0n) is 11.3. The van der Waals surface area contributed by atoms with E-state index in [1.54, 1.807) is 6.07 Å². The lowest BCUT2D eigenvalue weighted by Gasteiger charge is -2.10. The number of ether oxygens (including phenoxy) is 1. The number of carbonyl (C=O) groups is 2.